The van der Waals surface area contributed by atoms with Crippen LogP contribution in [0.3, 0.4) is 0 Å². The summed E-state index contributed by atoms with van der Waals surface area (Å²) in [6, 6.07) is 15.3. The zero-order valence-electron chi connectivity index (χ0n) is 15.5. The Balaban J connectivity index is 1.87. The molecule has 0 bridgehead atoms. The summed E-state index contributed by atoms with van der Waals surface area (Å²) in [7, 11) is 1.63. The second-order valence-electron chi connectivity index (χ2n) is 6.32. The minimum Gasteiger partial charge on any atom is -0.497 e. The molecule has 0 spiro atoms. The minimum absolute atomic E-state index is 0.0853. The van der Waals surface area contributed by atoms with Gasteiger partial charge in [-0.15, -0.1) is 0 Å². The van der Waals surface area contributed by atoms with Crippen LogP contribution in [0.1, 0.15) is 36.1 Å². The van der Waals surface area contributed by atoms with Gasteiger partial charge in [0.05, 0.1) is 19.6 Å². The van der Waals surface area contributed by atoms with E-state index in [9.17, 15) is 9.59 Å². The van der Waals surface area contributed by atoms with Crippen molar-refractivity contribution < 1.29 is 14.3 Å². The highest BCUT2D eigenvalue weighted by Crippen LogP contribution is 2.17. The number of methoxy groups -OCH3 is 1. The van der Waals surface area contributed by atoms with Crippen LogP contribution in [0.2, 0.25) is 0 Å². The molecular weight excluding hydrogens is 328 g/mol. The maximum atomic E-state index is 12.3. The van der Waals surface area contributed by atoms with Gasteiger partial charge in [0.25, 0.3) is 0 Å². The van der Waals surface area contributed by atoms with Crippen molar-refractivity contribution >= 4 is 11.8 Å². The number of aryl methyl sites for hydroxylation is 1. The highest BCUT2D eigenvalue weighted by Gasteiger charge is 2.16. The lowest BCUT2D eigenvalue weighted by molar-refractivity contribution is -0.122. The Bertz CT molecular complexity index is 724. The van der Waals surface area contributed by atoms with Gasteiger partial charge in [0, 0.05) is 13.5 Å². The normalized spacial score (nSPS) is 11.5. The van der Waals surface area contributed by atoms with Crippen molar-refractivity contribution in [2.75, 3.05) is 13.7 Å². The topological polar surface area (TPSA) is 67.4 Å². The Hall–Kier alpha value is -2.82. The van der Waals surface area contributed by atoms with Crippen molar-refractivity contribution in [1.82, 2.24) is 10.6 Å². The Morgan fingerprint density at radius 2 is 1.69 bits per heavy atom. The summed E-state index contributed by atoms with van der Waals surface area (Å²) in [6.07, 6.45) is 0.955. The van der Waals surface area contributed by atoms with Gasteiger partial charge < -0.3 is 15.4 Å². The number of rotatable bonds is 8. The number of benzene rings is 2. The van der Waals surface area contributed by atoms with Crippen LogP contribution in [0.15, 0.2) is 48.5 Å². The molecule has 2 N–H and O–H groups in total. The first-order valence-electron chi connectivity index (χ1n) is 8.71. The summed E-state index contributed by atoms with van der Waals surface area (Å²) in [5, 5.41) is 5.78. The number of hydrogen-bond donors (Lipinski definition) is 2. The van der Waals surface area contributed by atoms with Crippen molar-refractivity contribution in [2.45, 2.75) is 32.7 Å². The number of nitrogens with one attached hydrogen (secondary N) is 2. The highest BCUT2D eigenvalue weighted by molar-refractivity contribution is 5.79. The Labute approximate surface area is 154 Å². The van der Waals surface area contributed by atoms with Crippen LogP contribution in [0.4, 0.5) is 0 Å². The standard InChI is InChI=1S/C21H26N2O3/c1-15-4-8-18(9-5-15)20(23-16(2)24)14-21(25)22-13-12-17-6-10-19(26-3)11-7-17/h4-11,20H,12-14H2,1-3H3,(H,22,25)(H,23,24)/t20-/m0/s1. The van der Waals surface area contributed by atoms with Crippen molar-refractivity contribution in [3.05, 3.63) is 65.2 Å². The molecule has 2 aromatic carbocycles. The molecule has 2 amide bonds. The van der Waals surface area contributed by atoms with Crippen LogP contribution in [0.5, 0.6) is 5.75 Å². The van der Waals surface area contributed by atoms with E-state index in [1.807, 2.05) is 55.5 Å². The van der Waals surface area contributed by atoms with Crippen LogP contribution in [-0.2, 0) is 16.0 Å². The van der Waals surface area contributed by atoms with Crippen LogP contribution < -0.4 is 15.4 Å². The quantitative estimate of drug-likeness (QED) is 0.766. The maximum absolute atomic E-state index is 12.3. The summed E-state index contributed by atoms with van der Waals surface area (Å²) < 4.78 is 5.13. The van der Waals surface area contributed by atoms with Gasteiger partial charge in [-0.25, -0.2) is 0 Å². The molecule has 1 atom stereocenters. The van der Waals surface area contributed by atoms with E-state index in [1.54, 1.807) is 7.11 Å². The van der Waals surface area contributed by atoms with Crippen molar-refractivity contribution in [2.24, 2.45) is 0 Å². The molecule has 0 heterocycles. The number of carbonyl (C=O) groups is 2. The second kappa shape index (κ2) is 9.61. The molecule has 0 unspecified atom stereocenters. The van der Waals surface area contributed by atoms with E-state index in [2.05, 4.69) is 10.6 Å². The fourth-order valence-electron chi connectivity index (χ4n) is 2.69. The van der Waals surface area contributed by atoms with Gasteiger partial charge in [0.2, 0.25) is 11.8 Å². The lowest BCUT2D eigenvalue weighted by Crippen LogP contribution is -2.33. The highest BCUT2D eigenvalue weighted by atomic mass is 16.5. The molecule has 0 aliphatic carbocycles. The van der Waals surface area contributed by atoms with E-state index in [1.165, 1.54) is 6.92 Å². The van der Waals surface area contributed by atoms with E-state index in [0.29, 0.717) is 6.54 Å². The minimum atomic E-state index is -0.325. The third-order valence-corrected chi connectivity index (χ3v) is 4.14. The number of carbonyl (C=O) groups excluding carboxylic acids is 2. The molecule has 5 nitrogen and oxygen atoms in total. The first kappa shape index (κ1) is 19.5. The largest absolute Gasteiger partial charge is 0.497 e. The smallest absolute Gasteiger partial charge is 0.222 e. The predicted molar refractivity (Wildman–Crippen MR) is 102 cm³/mol. The van der Waals surface area contributed by atoms with Crippen LogP contribution in [0.25, 0.3) is 0 Å². The summed E-state index contributed by atoms with van der Waals surface area (Å²) in [5.74, 6) is 0.577. The summed E-state index contributed by atoms with van der Waals surface area (Å²) in [4.78, 5) is 23.8. The fourth-order valence-corrected chi connectivity index (χ4v) is 2.69. The molecule has 0 aliphatic rings. The van der Waals surface area contributed by atoms with Crippen molar-refractivity contribution in [3.8, 4) is 5.75 Å². The summed E-state index contributed by atoms with van der Waals surface area (Å²) >= 11 is 0. The molecule has 0 aliphatic heterocycles. The zero-order valence-corrected chi connectivity index (χ0v) is 15.5. The van der Waals surface area contributed by atoms with Crippen molar-refractivity contribution in [3.63, 3.8) is 0 Å². The van der Waals surface area contributed by atoms with E-state index in [4.69, 9.17) is 4.74 Å². The SMILES string of the molecule is COc1ccc(CCNC(=O)C[C@H](NC(C)=O)c2ccc(C)cc2)cc1. The molecule has 2 aromatic rings. The van der Waals surface area contributed by atoms with E-state index in [-0.39, 0.29) is 24.3 Å². The van der Waals surface area contributed by atoms with E-state index < -0.39 is 0 Å². The molecule has 0 radical (unpaired) electrons. The molecule has 0 aromatic heterocycles. The molecule has 2 rings (SSSR count). The molecule has 0 fully saturated rings. The number of amides is 2. The second-order valence-corrected chi connectivity index (χ2v) is 6.32. The monoisotopic (exact) mass is 354 g/mol. The first-order valence-corrected chi connectivity index (χ1v) is 8.71. The maximum Gasteiger partial charge on any atom is 0.222 e. The molecule has 0 saturated heterocycles. The summed E-state index contributed by atoms with van der Waals surface area (Å²) in [5.41, 5.74) is 3.19. The molecule has 26 heavy (non-hydrogen) atoms. The van der Waals surface area contributed by atoms with Gasteiger partial charge in [-0.1, -0.05) is 42.0 Å². The van der Waals surface area contributed by atoms with Gasteiger partial charge in [-0.05, 0) is 36.6 Å². The molecular formula is C21H26N2O3. The average Bonchev–Trinajstić information content (AvgIpc) is 2.62. The Kier molecular flexibility index (Phi) is 7.21. The zero-order chi connectivity index (χ0) is 18.9. The van der Waals surface area contributed by atoms with Crippen LogP contribution in [-0.4, -0.2) is 25.5 Å². The lowest BCUT2D eigenvalue weighted by atomic mass is 10.0. The van der Waals surface area contributed by atoms with Gasteiger partial charge >= 0.3 is 0 Å². The van der Waals surface area contributed by atoms with Gasteiger partial charge in [-0.3, -0.25) is 9.59 Å². The molecule has 138 valence electrons. The van der Waals surface area contributed by atoms with Gasteiger partial charge in [-0.2, -0.15) is 0 Å². The Morgan fingerprint density at radius 1 is 1.04 bits per heavy atom. The average molecular weight is 354 g/mol. The molecule has 5 heteroatoms. The lowest BCUT2D eigenvalue weighted by Gasteiger charge is -2.18. The van der Waals surface area contributed by atoms with Crippen LogP contribution >= 0.6 is 0 Å². The third kappa shape index (κ3) is 6.24. The number of ether oxygens (including phenoxy) is 1. The van der Waals surface area contributed by atoms with E-state index in [0.717, 1.165) is 28.9 Å². The third-order valence-electron chi connectivity index (χ3n) is 4.14. The van der Waals surface area contributed by atoms with Gasteiger partial charge in [0.1, 0.15) is 5.75 Å². The van der Waals surface area contributed by atoms with Gasteiger partial charge in [0.15, 0.2) is 0 Å². The Morgan fingerprint density at radius 3 is 2.27 bits per heavy atom. The van der Waals surface area contributed by atoms with E-state index >= 15 is 0 Å². The molecule has 0 saturated carbocycles. The van der Waals surface area contributed by atoms with Crippen molar-refractivity contribution in [1.29, 1.82) is 0 Å². The fraction of sp³-hybridized carbons (Fsp3) is 0.333. The number of hydrogen-bond acceptors (Lipinski definition) is 3. The predicted octanol–water partition coefficient (Wildman–Crippen LogP) is 2.93. The van der Waals surface area contributed by atoms with Crippen LogP contribution in [0, 0.1) is 6.92 Å². The summed E-state index contributed by atoms with van der Waals surface area (Å²) in [6.45, 7) is 4.01. The first-order chi connectivity index (χ1) is 12.5.